The number of carbonyl (C=O) groups is 1. The number of hydrogen-bond donors (Lipinski definition) is 2. The third-order valence-corrected chi connectivity index (χ3v) is 4.09. The van der Waals surface area contributed by atoms with Gasteiger partial charge in [-0.2, -0.15) is 0 Å². The van der Waals surface area contributed by atoms with Crippen LogP contribution in [0.2, 0.25) is 0 Å². The monoisotopic (exact) mass is 272 g/mol. The minimum Gasteiger partial charge on any atom is -0.459 e. The average Bonchev–Trinajstić information content (AvgIpc) is 2.81. The van der Waals surface area contributed by atoms with Crippen molar-refractivity contribution in [3.8, 4) is 0 Å². The van der Waals surface area contributed by atoms with Crippen LogP contribution < -0.4 is 5.73 Å². The number of aromatic amines is 1. The molecule has 2 unspecified atom stereocenters. The molecule has 0 radical (unpaired) electrons. The fraction of sp³-hybridized carbons (Fsp3) is 0.438. The number of anilines is 1. The molecule has 2 atom stereocenters. The van der Waals surface area contributed by atoms with Gasteiger partial charge in [0.25, 0.3) is 0 Å². The molecule has 2 aromatic rings. The molecule has 1 aromatic carbocycles. The number of H-pyrrole nitrogens is 1. The van der Waals surface area contributed by atoms with E-state index < -0.39 is 0 Å². The van der Waals surface area contributed by atoms with Gasteiger partial charge in [-0.05, 0) is 43.4 Å². The molecular weight excluding hydrogens is 252 g/mol. The zero-order valence-corrected chi connectivity index (χ0v) is 11.7. The molecule has 20 heavy (non-hydrogen) atoms. The summed E-state index contributed by atoms with van der Waals surface area (Å²) in [5, 5.41) is 0.869. The number of ether oxygens (including phenoxy) is 1. The number of nitrogens with one attached hydrogen (secondary N) is 1. The molecule has 0 saturated heterocycles. The number of aromatic nitrogens is 1. The number of nitrogen functional groups attached to an aromatic ring is 1. The highest BCUT2D eigenvalue weighted by atomic mass is 16.5. The molecule has 106 valence electrons. The smallest absolute Gasteiger partial charge is 0.340 e. The molecule has 1 heterocycles. The zero-order valence-electron chi connectivity index (χ0n) is 11.7. The van der Waals surface area contributed by atoms with Crippen LogP contribution in [0.15, 0.2) is 24.4 Å². The summed E-state index contributed by atoms with van der Waals surface area (Å²) in [6.07, 6.45) is 6.10. The van der Waals surface area contributed by atoms with Gasteiger partial charge in [-0.1, -0.05) is 13.3 Å². The summed E-state index contributed by atoms with van der Waals surface area (Å²) < 4.78 is 5.65. The summed E-state index contributed by atoms with van der Waals surface area (Å²) in [7, 11) is 0. The van der Waals surface area contributed by atoms with Gasteiger partial charge in [0.05, 0.1) is 5.56 Å². The van der Waals surface area contributed by atoms with Crippen molar-refractivity contribution in [3.05, 3.63) is 30.0 Å². The van der Waals surface area contributed by atoms with E-state index in [2.05, 4.69) is 11.9 Å². The SMILES string of the molecule is CC1CCCC(OC(=O)c2c[nH]c3cc(N)ccc23)C1. The maximum absolute atomic E-state index is 12.3. The fourth-order valence-electron chi connectivity index (χ4n) is 3.01. The van der Waals surface area contributed by atoms with E-state index in [-0.39, 0.29) is 12.1 Å². The Kier molecular flexibility index (Phi) is 3.38. The second-order valence-electron chi connectivity index (χ2n) is 5.81. The number of nitrogens with two attached hydrogens (primary N) is 1. The van der Waals surface area contributed by atoms with Gasteiger partial charge in [-0.25, -0.2) is 4.79 Å². The fourth-order valence-corrected chi connectivity index (χ4v) is 3.01. The van der Waals surface area contributed by atoms with E-state index in [0.717, 1.165) is 30.2 Å². The Morgan fingerprint density at radius 2 is 2.25 bits per heavy atom. The Morgan fingerprint density at radius 3 is 3.05 bits per heavy atom. The van der Waals surface area contributed by atoms with E-state index in [9.17, 15) is 4.79 Å². The average molecular weight is 272 g/mol. The van der Waals surface area contributed by atoms with Crippen molar-refractivity contribution in [1.82, 2.24) is 4.98 Å². The summed E-state index contributed by atoms with van der Waals surface area (Å²) in [5.74, 6) is 0.407. The van der Waals surface area contributed by atoms with E-state index in [4.69, 9.17) is 10.5 Å². The molecule has 1 saturated carbocycles. The Balaban J connectivity index is 1.78. The maximum Gasteiger partial charge on any atom is 0.340 e. The van der Waals surface area contributed by atoms with Crippen LogP contribution in [0.3, 0.4) is 0 Å². The van der Waals surface area contributed by atoms with Crippen molar-refractivity contribution in [3.63, 3.8) is 0 Å². The van der Waals surface area contributed by atoms with Gasteiger partial charge in [0.2, 0.25) is 0 Å². The van der Waals surface area contributed by atoms with Crippen molar-refractivity contribution >= 4 is 22.6 Å². The second-order valence-corrected chi connectivity index (χ2v) is 5.81. The number of hydrogen-bond acceptors (Lipinski definition) is 3. The molecule has 3 rings (SSSR count). The first-order valence-corrected chi connectivity index (χ1v) is 7.21. The van der Waals surface area contributed by atoms with Crippen LogP contribution in [0.4, 0.5) is 5.69 Å². The normalized spacial score (nSPS) is 22.9. The predicted molar refractivity (Wildman–Crippen MR) is 79.5 cm³/mol. The molecule has 0 bridgehead atoms. The topological polar surface area (TPSA) is 68.1 Å². The van der Waals surface area contributed by atoms with Gasteiger partial charge in [0.1, 0.15) is 6.10 Å². The Labute approximate surface area is 118 Å². The van der Waals surface area contributed by atoms with E-state index in [1.807, 2.05) is 12.1 Å². The number of benzene rings is 1. The van der Waals surface area contributed by atoms with Crippen LogP contribution in [0, 0.1) is 5.92 Å². The quantitative estimate of drug-likeness (QED) is 0.649. The number of carbonyl (C=O) groups excluding carboxylic acids is 1. The second kappa shape index (κ2) is 5.19. The number of fused-ring (bicyclic) bond motifs is 1. The maximum atomic E-state index is 12.3. The van der Waals surface area contributed by atoms with E-state index in [0.29, 0.717) is 17.2 Å². The minimum atomic E-state index is -0.236. The van der Waals surface area contributed by atoms with Crippen molar-refractivity contribution < 1.29 is 9.53 Å². The molecule has 1 aliphatic carbocycles. The molecular formula is C16H20N2O2. The first kappa shape index (κ1) is 13.0. The van der Waals surface area contributed by atoms with Crippen LogP contribution in [0.1, 0.15) is 43.0 Å². The highest BCUT2D eigenvalue weighted by Gasteiger charge is 2.23. The summed E-state index contributed by atoms with van der Waals surface area (Å²) in [6, 6.07) is 5.49. The lowest BCUT2D eigenvalue weighted by Crippen LogP contribution is -2.24. The summed E-state index contributed by atoms with van der Waals surface area (Å²) in [6.45, 7) is 2.22. The molecule has 3 N–H and O–H groups in total. The van der Waals surface area contributed by atoms with E-state index in [1.54, 1.807) is 12.3 Å². The number of rotatable bonds is 2. The summed E-state index contributed by atoms with van der Waals surface area (Å²) in [4.78, 5) is 15.4. The Morgan fingerprint density at radius 1 is 1.40 bits per heavy atom. The first-order chi connectivity index (χ1) is 9.63. The zero-order chi connectivity index (χ0) is 14.1. The third-order valence-electron chi connectivity index (χ3n) is 4.09. The van der Waals surface area contributed by atoms with Gasteiger partial charge in [0, 0.05) is 22.8 Å². The van der Waals surface area contributed by atoms with Crippen molar-refractivity contribution in [2.75, 3.05) is 5.73 Å². The molecule has 1 aliphatic rings. The van der Waals surface area contributed by atoms with Crippen molar-refractivity contribution in [2.24, 2.45) is 5.92 Å². The van der Waals surface area contributed by atoms with E-state index in [1.165, 1.54) is 6.42 Å². The molecule has 0 amide bonds. The highest BCUT2D eigenvalue weighted by Crippen LogP contribution is 2.28. The summed E-state index contributed by atoms with van der Waals surface area (Å²) >= 11 is 0. The van der Waals surface area contributed by atoms with Crippen LogP contribution in [0.25, 0.3) is 10.9 Å². The molecule has 1 fully saturated rings. The molecule has 1 aromatic heterocycles. The first-order valence-electron chi connectivity index (χ1n) is 7.21. The molecule has 0 spiro atoms. The molecule has 0 aliphatic heterocycles. The van der Waals surface area contributed by atoms with Gasteiger partial charge in [-0.15, -0.1) is 0 Å². The number of esters is 1. The predicted octanol–water partition coefficient (Wildman–Crippen LogP) is 3.49. The lowest BCUT2D eigenvalue weighted by atomic mass is 9.89. The lowest BCUT2D eigenvalue weighted by Gasteiger charge is -2.26. The van der Waals surface area contributed by atoms with Gasteiger partial charge in [-0.3, -0.25) is 0 Å². The van der Waals surface area contributed by atoms with E-state index >= 15 is 0 Å². The lowest BCUT2D eigenvalue weighted by molar-refractivity contribution is 0.0157. The van der Waals surface area contributed by atoms with Crippen LogP contribution in [-0.4, -0.2) is 17.1 Å². The third kappa shape index (κ3) is 2.50. The standard InChI is InChI=1S/C16H20N2O2/c1-10-3-2-4-12(7-10)20-16(19)14-9-18-15-8-11(17)5-6-13(14)15/h5-6,8-10,12,18H,2-4,7,17H2,1H3. The van der Waals surface area contributed by atoms with Crippen LogP contribution >= 0.6 is 0 Å². The van der Waals surface area contributed by atoms with Crippen molar-refractivity contribution in [2.45, 2.75) is 38.7 Å². The minimum absolute atomic E-state index is 0.0602. The highest BCUT2D eigenvalue weighted by molar-refractivity contribution is 6.04. The molecule has 4 heteroatoms. The van der Waals surface area contributed by atoms with Gasteiger partial charge < -0.3 is 15.5 Å². The Hall–Kier alpha value is -1.97. The van der Waals surface area contributed by atoms with Crippen LogP contribution in [-0.2, 0) is 4.74 Å². The van der Waals surface area contributed by atoms with Gasteiger partial charge >= 0.3 is 5.97 Å². The molecule has 4 nitrogen and oxygen atoms in total. The van der Waals surface area contributed by atoms with Crippen LogP contribution in [0.5, 0.6) is 0 Å². The van der Waals surface area contributed by atoms with Gasteiger partial charge in [0.15, 0.2) is 0 Å². The summed E-state index contributed by atoms with van der Waals surface area (Å²) in [5.41, 5.74) is 7.88. The van der Waals surface area contributed by atoms with Crippen molar-refractivity contribution in [1.29, 1.82) is 0 Å². The Bertz CT molecular complexity index is 632. The largest absolute Gasteiger partial charge is 0.459 e.